The monoisotopic (exact) mass is 487 g/mol. The number of sulfonamides is 1. The van der Waals surface area contributed by atoms with Gasteiger partial charge in [-0.3, -0.25) is 14.3 Å². The SMILES string of the molecule is Cc1c(Cl)cccc1NS(=O)(=O)c1ccc2[nH]cc(C(=O)N[C@@H]3CCCC[C@@H]3C)c(=O)c2c1. The molecule has 3 aromatic rings. The summed E-state index contributed by atoms with van der Waals surface area (Å²) in [6.07, 6.45) is 5.50. The van der Waals surface area contributed by atoms with Crippen molar-refractivity contribution in [3.63, 3.8) is 0 Å². The lowest BCUT2D eigenvalue weighted by Gasteiger charge is -2.29. The van der Waals surface area contributed by atoms with Gasteiger partial charge >= 0.3 is 0 Å². The van der Waals surface area contributed by atoms with Crippen LogP contribution in [0.15, 0.2) is 52.3 Å². The molecule has 0 radical (unpaired) electrons. The van der Waals surface area contributed by atoms with E-state index < -0.39 is 21.4 Å². The van der Waals surface area contributed by atoms with Crippen LogP contribution >= 0.6 is 11.6 Å². The molecule has 0 bridgehead atoms. The highest BCUT2D eigenvalue weighted by Crippen LogP contribution is 2.26. The summed E-state index contributed by atoms with van der Waals surface area (Å²) in [5.41, 5.74) is 0.846. The molecule has 7 nitrogen and oxygen atoms in total. The summed E-state index contributed by atoms with van der Waals surface area (Å²) in [4.78, 5) is 28.8. The maximum atomic E-state index is 13.1. The van der Waals surface area contributed by atoms with E-state index >= 15 is 0 Å². The molecule has 4 rings (SSSR count). The lowest BCUT2D eigenvalue weighted by atomic mass is 9.86. The summed E-state index contributed by atoms with van der Waals surface area (Å²) in [5.74, 6) is -0.0992. The lowest BCUT2D eigenvalue weighted by molar-refractivity contribution is 0.0909. The molecule has 2 atom stereocenters. The van der Waals surface area contributed by atoms with Gasteiger partial charge in [0, 0.05) is 28.2 Å². The molecule has 1 amide bonds. The zero-order valence-corrected chi connectivity index (χ0v) is 20.0. The lowest BCUT2D eigenvalue weighted by Crippen LogP contribution is -2.42. The van der Waals surface area contributed by atoms with Crippen LogP contribution in [0.3, 0.4) is 0 Å². The Hall–Kier alpha value is -2.84. The fraction of sp³-hybridized carbons (Fsp3) is 0.333. The fourth-order valence-electron chi connectivity index (χ4n) is 4.23. The Bertz CT molecular complexity index is 1380. The number of rotatable bonds is 5. The third-order valence-corrected chi connectivity index (χ3v) is 8.12. The van der Waals surface area contributed by atoms with Gasteiger partial charge in [0.2, 0.25) is 5.43 Å². The van der Waals surface area contributed by atoms with Gasteiger partial charge in [0.1, 0.15) is 5.56 Å². The topological polar surface area (TPSA) is 108 Å². The molecule has 1 saturated carbocycles. The summed E-state index contributed by atoms with van der Waals surface area (Å²) in [7, 11) is -3.99. The maximum Gasteiger partial charge on any atom is 0.261 e. The van der Waals surface area contributed by atoms with E-state index in [0.29, 0.717) is 27.7 Å². The number of hydrogen-bond acceptors (Lipinski definition) is 4. The predicted octanol–water partition coefficient (Wildman–Crippen LogP) is 4.60. The van der Waals surface area contributed by atoms with Gasteiger partial charge in [-0.05, 0) is 61.6 Å². The molecule has 1 fully saturated rings. The van der Waals surface area contributed by atoms with E-state index in [1.165, 1.54) is 24.4 Å². The van der Waals surface area contributed by atoms with E-state index in [4.69, 9.17) is 11.6 Å². The molecule has 0 spiro atoms. The molecule has 1 heterocycles. The number of anilines is 1. The van der Waals surface area contributed by atoms with Crippen molar-refractivity contribution in [2.45, 2.75) is 50.5 Å². The normalized spacial score (nSPS) is 18.8. The first-order valence-electron chi connectivity index (χ1n) is 10.9. The molecular weight excluding hydrogens is 462 g/mol. The van der Waals surface area contributed by atoms with Crippen molar-refractivity contribution >= 4 is 44.1 Å². The summed E-state index contributed by atoms with van der Waals surface area (Å²) < 4.78 is 28.5. The Balaban J connectivity index is 1.66. The van der Waals surface area contributed by atoms with Crippen molar-refractivity contribution in [3.05, 3.63) is 69.0 Å². The van der Waals surface area contributed by atoms with Crippen LogP contribution in [0.5, 0.6) is 0 Å². The maximum absolute atomic E-state index is 13.1. The number of fused-ring (bicyclic) bond motifs is 1. The molecule has 0 aliphatic heterocycles. The number of carbonyl (C=O) groups excluding carboxylic acids is 1. The molecular formula is C24H26ClN3O4S. The second-order valence-electron chi connectivity index (χ2n) is 8.60. The second-order valence-corrected chi connectivity index (χ2v) is 10.7. The van der Waals surface area contributed by atoms with Crippen molar-refractivity contribution in [1.29, 1.82) is 0 Å². The highest BCUT2D eigenvalue weighted by Gasteiger charge is 2.25. The molecule has 0 unspecified atom stereocenters. The zero-order valence-electron chi connectivity index (χ0n) is 18.4. The molecule has 1 aliphatic carbocycles. The van der Waals surface area contributed by atoms with Crippen molar-refractivity contribution < 1.29 is 13.2 Å². The first kappa shape index (κ1) is 23.3. The first-order valence-corrected chi connectivity index (χ1v) is 12.8. The third-order valence-electron chi connectivity index (χ3n) is 6.35. The molecule has 1 aromatic heterocycles. The quantitative estimate of drug-likeness (QED) is 0.488. The highest BCUT2D eigenvalue weighted by molar-refractivity contribution is 7.92. The van der Waals surface area contributed by atoms with Gasteiger partial charge in [0.05, 0.1) is 10.6 Å². The minimum Gasteiger partial charge on any atom is -0.360 e. The van der Waals surface area contributed by atoms with Crippen molar-refractivity contribution in [2.24, 2.45) is 5.92 Å². The molecule has 2 aromatic carbocycles. The Kier molecular flexibility index (Phi) is 6.50. The van der Waals surface area contributed by atoms with E-state index in [2.05, 4.69) is 21.9 Å². The number of aromatic nitrogens is 1. The van der Waals surface area contributed by atoms with Crippen LogP contribution in [0.4, 0.5) is 5.69 Å². The molecule has 3 N–H and O–H groups in total. The number of amides is 1. The first-order chi connectivity index (χ1) is 15.7. The van der Waals surface area contributed by atoms with Crippen LogP contribution in [0.2, 0.25) is 5.02 Å². The Morgan fingerprint density at radius 2 is 1.91 bits per heavy atom. The zero-order chi connectivity index (χ0) is 23.8. The minimum atomic E-state index is -3.99. The average Bonchev–Trinajstić information content (AvgIpc) is 2.78. The number of aromatic amines is 1. The number of pyridine rings is 1. The Morgan fingerprint density at radius 1 is 1.15 bits per heavy atom. The minimum absolute atomic E-state index is 0.0261. The van der Waals surface area contributed by atoms with Gasteiger partial charge in [-0.2, -0.15) is 0 Å². The number of nitrogens with one attached hydrogen (secondary N) is 3. The standard InChI is InChI=1S/C24H26ClN3O4S/c1-14-6-3-4-8-20(14)27-24(30)18-13-26-22-11-10-16(12-17(22)23(18)29)33(31,32)28-21-9-5-7-19(25)15(21)2/h5,7,9-14,20,28H,3-4,6,8H2,1-2H3,(H,26,29)(H,27,30)/t14-,20+/m0/s1. The van der Waals surface area contributed by atoms with Crippen LogP contribution in [-0.4, -0.2) is 25.4 Å². The van der Waals surface area contributed by atoms with Crippen molar-refractivity contribution in [3.8, 4) is 0 Å². The van der Waals surface area contributed by atoms with E-state index in [0.717, 1.165) is 25.7 Å². The summed E-state index contributed by atoms with van der Waals surface area (Å²) in [6.45, 7) is 3.81. The molecule has 33 heavy (non-hydrogen) atoms. The summed E-state index contributed by atoms with van der Waals surface area (Å²) in [5, 5.41) is 3.55. The number of halogens is 1. The molecule has 9 heteroatoms. The van der Waals surface area contributed by atoms with Gasteiger partial charge in [0.25, 0.3) is 15.9 Å². The van der Waals surface area contributed by atoms with E-state index in [1.54, 1.807) is 25.1 Å². The Morgan fingerprint density at radius 3 is 2.67 bits per heavy atom. The van der Waals surface area contributed by atoms with E-state index in [9.17, 15) is 18.0 Å². The number of H-pyrrole nitrogens is 1. The fourth-order valence-corrected chi connectivity index (χ4v) is 5.56. The van der Waals surface area contributed by atoms with E-state index in [1.807, 2.05) is 0 Å². The predicted molar refractivity (Wildman–Crippen MR) is 130 cm³/mol. The van der Waals surface area contributed by atoms with Crippen LogP contribution in [0.25, 0.3) is 10.9 Å². The van der Waals surface area contributed by atoms with Crippen molar-refractivity contribution in [1.82, 2.24) is 10.3 Å². The van der Waals surface area contributed by atoms with Crippen LogP contribution in [0, 0.1) is 12.8 Å². The third kappa shape index (κ3) is 4.77. The summed E-state index contributed by atoms with van der Waals surface area (Å²) in [6, 6.07) is 9.17. The van der Waals surface area contributed by atoms with Gasteiger partial charge < -0.3 is 10.3 Å². The number of hydrogen-bond donors (Lipinski definition) is 3. The number of carbonyl (C=O) groups is 1. The van der Waals surface area contributed by atoms with E-state index in [-0.39, 0.29) is 21.9 Å². The molecule has 0 saturated heterocycles. The highest BCUT2D eigenvalue weighted by atomic mass is 35.5. The van der Waals surface area contributed by atoms with Gasteiger partial charge in [-0.25, -0.2) is 8.42 Å². The summed E-state index contributed by atoms with van der Waals surface area (Å²) >= 11 is 6.10. The second kappa shape index (κ2) is 9.19. The molecule has 1 aliphatic rings. The average molecular weight is 488 g/mol. The Labute approximate surface area is 197 Å². The molecule has 174 valence electrons. The van der Waals surface area contributed by atoms with Gasteiger partial charge in [-0.1, -0.05) is 37.4 Å². The van der Waals surface area contributed by atoms with Crippen LogP contribution < -0.4 is 15.5 Å². The number of benzene rings is 2. The van der Waals surface area contributed by atoms with Crippen LogP contribution in [0.1, 0.15) is 48.5 Å². The van der Waals surface area contributed by atoms with Gasteiger partial charge in [0.15, 0.2) is 0 Å². The smallest absolute Gasteiger partial charge is 0.261 e. The largest absolute Gasteiger partial charge is 0.360 e. The van der Waals surface area contributed by atoms with Crippen LogP contribution in [-0.2, 0) is 10.0 Å². The van der Waals surface area contributed by atoms with Gasteiger partial charge in [-0.15, -0.1) is 0 Å². The van der Waals surface area contributed by atoms with Crippen molar-refractivity contribution in [2.75, 3.05) is 4.72 Å².